The Balaban J connectivity index is 1.35. The maximum atomic E-state index is 5.89. The average Bonchev–Trinajstić information content (AvgIpc) is 2.76. The minimum Gasteiger partial charge on any atom is -0.381 e. The minimum absolute atomic E-state index is 0.840. The molecule has 2 aromatic rings. The summed E-state index contributed by atoms with van der Waals surface area (Å²) >= 11 is 0. The molecule has 0 aromatic heterocycles. The van der Waals surface area contributed by atoms with Gasteiger partial charge in [0.15, 0.2) is 0 Å². The van der Waals surface area contributed by atoms with E-state index in [1.807, 2.05) is 0 Å². The molecular weight excluding hydrogens is 352 g/mol. The van der Waals surface area contributed by atoms with Gasteiger partial charge in [-0.2, -0.15) is 0 Å². The summed E-state index contributed by atoms with van der Waals surface area (Å²) in [4.78, 5) is 0. The number of unbranched alkanes of at least 4 members (excludes halogenated alkanes) is 13. The van der Waals surface area contributed by atoms with E-state index in [9.17, 15) is 0 Å². The first kappa shape index (κ1) is 23.9. The summed E-state index contributed by atoms with van der Waals surface area (Å²) in [5.41, 5.74) is 1.41. The summed E-state index contributed by atoms with van der Waals surface area (Å²) in [6, 6.07) is 15.2. The van der Waals surface area contributed by atoms with Crippen LogP contribution in [0.15, 0.2) is 42.5 Å². The molecule has 0 heterocycles. The van der Waals surface area contributed by atoms with Crippen LogP contribution in [-0.2, 0) is 11.2 Å². The largest absolute Gasteiger partial charge is 0.381 e. The van der Waals surface area contributed by atoms with Gasteiger partial charge in [0.2, 0.25) is 0 Å². The Labute approximate surface area is 180 Å². The molecule has 0 aliphatic carbocycles. The lowest BCUT2D eigenvalue weighted by atomic mass is 10.0. The van der Waals surface area contributed by atoms with Gasteiger partial charge in [-0.25, -0.2) is 0 Å². The highest BCUT2D eigenvalue weighted by Crippen LogP contribution is 2.19. The van der Waals surface area contributed by atoms with Crippen molar-refractivity contribution in [1.29, 1.82) is 0 Å². The van der Waals surface area contributed by atoms with Gasteiger partial charge in [-0.1, -0.05) is 133 Å². The molecule has 0 fully saturated rings. The van der Waals surface area contributed by atoms with Gasteiger partial charge < -0.3 is 4.74 Å². The van der Waals surface area contributed by atoms with E-state index in [2.05, 4.69) is 49.4 Å². The molecule has 1 heteroatoms. The monoisotopic (exact) mass is 396 g/mol. The number of hydrogen-bond donors (Lipinski definition) is 0. The molecule has 1 nitrogen and oxygen atoms in total. The van der Waals surface area contributed by atoms with Gasteiger partial charge in [-0.05, 0) is 29.2 Å². The summed E-state index contributed by atoms with van der Waals surface area (Å²) in [7, 11) is 0. The SMILES string of the molecule is CCCCCCCCCCCCCCCCOCCc1cccc2ccccc12. The zero-order chi connectivity index (χ0) is 20.4. The molecule has 29 heavy (non-hydrogen) atoms. The van der Waals surface area contributed by atoms with Crippen molar-refractivity contribution in [2.24, 2.45) is 0 Å². The van der Waals surface area contributed by atoms with Crippen LogP contribution in [0.2, 0.25) is 0 Å². The Bertz CT molecular complexity index is 628. The van der Waals surface area contributed by atoms with Crippen LogP contribution in [0.25, 0.3) is 10.8 Å². The van der Waals surface area contributed by atoms with Crippen molar-refractivity contribution in [3.8, 4) is 0 Å². The van der Waals surface area contributed by atoms with Gasteiger partial charge in [0.05, 0.1) is 6.61 Å². The van der Waals surface area contributed by atoms with Crippen LogP contribution in [0.4, 0.5) is 0 Å². The second-order valence-electron chi connectivity index (χ2n) is 8.60. The Morgan fingerprint density at radius 1 is 0.552 bits per heavy atom. The second-order valence-corrected chi connectivity index (χ2v) is 8.60. The summed E-state index contributed by atoms with van der Waals surface area (Å²) < 4.78 is 5.89. The maximum absolute atomic E-state index is 5.89. The maximum Gasteiger partial charge on any atom is 0.0506 e. The van der Waals surface area contributed by atoms with Crippen molar-refractivity contribution in [2.75, 3.05) is 13.2 Å². The number of fused-ring (bicyclic) bond motifs is 1. The molecule has 0 atom stereocenters. The van der Waals surface area contributed by atoms with Crippen LogP contribution in [0.5, 0.6) is 0 Å². The van der Waals surface area contributed by atoms with Crippen molar-refractivity contribution in [3.63, 3.8) is 0 Å². The lowest BCUT2D eigenvalue weighted by Gasteiger charge is -2.08. The molecule has 0 saturated heterocycles. The first-order valence-electron chi connectivity index (χ1n) is 12.5. The Morgan fingerprint density at radius 3 is 1.76 bits per heavy atom. The normalized spacial score (nSPS) is 11.3. The molecule has 0 unspecified atom stereocenters. The molecule has 0 bridgehead atoms. The van der Waals surface area contributed by atoms with Crippen molar-refractivity contribution in [3.05, 3.63) is 48.0 Å². The Kier molecular flexibility index (Phi) is 13.6. The molecule has 0 amide bonds. The molecule has 2 aromatic carbocycles. The van der Waals surface area contributed by atoms with E-state index in [1.54, 1.807) is 0 Å². The number of hydrogen-bond acceptors (Lipinski definition) is 1. The van der Waals surface area contributed by atoms with E-state index in [1.165, 1.54) is 106 Å². The Hall–Kier alpha value is -1.34. The summed E-state index contributed by atoms with van der Waals surface area (Å²) in [5.74, 6) is 0. The zero-order valence-corrected chi connectivity index (χ0v) is 19.0. The first-order chi connectivity index (χ1) is 14.4. The molecule has 0 spiro atoms. The van der Waals surface area contributed by atoms with Crippen LogP contribution in [0.1, 0.15) is 102 Å². The van der Waals surface area contributed by atoms with E-state index in [0.717, 1.165) is 19.6 Å². The number of ether oxygens (including phenoxy) is 1. The molecule has 0 radical (unpaired) electrons. The molecule has 0 aliphatic heterocycles. The highest BCUT2D eigenvalue weighted by molar-refractivity contribution is 5.85. The van der Waals surface area contributed by atoms with Crippen LogP contribution in [0.3, 0.4) is 0 Å². The predicted octanol–water partition coefficient (Wildman–Crippen LogP) is 8.88. The average molecular weight is 397 g/mol. The van der Waals surface area contributed by atoms with E-state index < -0.39 is 0 Å². The molecular formula is C28H44O. The lowest BCUT2D eigenvalue weighted by molar-refractivity contribution is 0.133. The van der Waals surface area contributed by atoms with Gasteiger partial charge >= 0.3 is 0 Å². The summed E-state index contributed by atoms with van der Waals surface area (Å²) in [6.07, 6.45) is 20.7. The minimum atomic E-state index is 0.840. The molecule has 162 valence electrons. The van der Waals surface area contributed by atoms with Gasteiger partial charge in [-0.15, -0.1) is 0 Å². The van der Waals surface area contributed by atoms with Crippen LogP contribution in [-0.4, -0.2) is 13.2 Å². The fraction of sp³-hybridized carbons (Fsp3) is 0.643. The second kappa shape index (κ2) is 16.5. The number of benzene rings is 2. The summed E-state index contributed by atoms with van der Waals surface area (Å²) in [6.45, 7) is 4.05. The van der Waals surface area contributed by atoms with Gasteiger partial charge in [-0.3, -0.25) is 0 Å². The van der Waals surface area contributed by atoms with Crippen LogP contribution < -0.4 is 0 Å². The van der Waals surface area contributed by atoms with Gasteiger partial charge in [0, 0.05) is 6.61 Å². The van der Waals surface area contributed by atoms with E-state index in [4.69, 9.17) is 4.74 Å². The highest BCUT2D eigenvalue weighted by atomic mass is 16.5. The number of rotatable bonds is 18. The molecule has 0 aliphatic rings. The molecule has 2 rings (SSSR count). The quantitative estimate of drug-likeness (QED) is 0.229. The van der Waals surface area contributed by atoms with Crippen molar-refractivity contribution >= 4 is 10.8 Å². The fourth-order valence-corrected chi connectivity index (χ4v) is 4.19. The highest BCUT2D eigenvalue weighted by Gasteiger charge is 2.00. The predicted molar refractivity (Wildman–Crippen MR) is 129 cm³/mol. The van der Waals surface area contributed by atoms with Crippen molar-refractivity contribution < 1.29 is 4.74 Å². The zero-order valence-electron chi connectivity index (χ0n) is 19.0. The smallest absolute Gasteiger partial charge is 0.0506 e. The first-order valence-corrected chi connectivity index (χ1v) is 12.5. The Morgan fingerprint density at radius 2 is 1.10 bits per heavy atom. The van der Waals surface area contributed by atoms with E-state index in [-0.39, 0.29) is 0 Å². The van der Waals surface area contributed by atoms with Crippen molar-refractivity contribution in [1.82, 2.24) is 0 Å². The van der Waals surface area contributed by atoms with E-state index >= 15 is 0 Å². The topological polar surface area (TPSA) is 9.23 Å². The van der Waals surface area contributed by atoms with Crippen LogP contribution >= 0.6 is 0 Å². The van der Waals surface area contributed by atoms with Crippen molar-refractivity contribution in [2.45, 2.75) is 103 Å². The lowest BCUT2D eigenvalue weighted by Crippen LogP contribution is -2.01. The standard InChI is InChI=1S/C28H44O/c1-2-3-4-5-6-7-8-9-10-11-12-13-14-17-24-29-25-23-27-21-18-20-26-19-15-16-22-28(26)27/h15-16,18-22H,2-14,17,23-25H2,1H3. The molecule has 0 saturated carbocycles. The third-order valence-electron chi connectivity index (χ3n) is 6.04. The van der Waals surface area contributed by atoms with Gasteiger partial charge in [0.25, 0.3) is 0 Å². The third-order valence-corrected chi connectivity index (χ3v) is 6.04. The van der Waals surface area contributed by atoms with Gasteiger partial charge in [0.1, 0.15) is 0 Å². The summed E-state index contributed by atoms with van der Waals surface area (Å²) in [5, 5.41) is 2.70. The third kappa shape index (κ3) is 10.8. The fourth-order valence-electron chi connectivity index (χ4n) is 4.19. The van der Waals surface area contributed by atoms with Crippen LogP contribution in [0, 0.1) is 0 Å². The van der Waals surface area contributed by atoms with E-state index in [0.29, 0.717) is 0 Å². The molecule has 0 N–H and O–H groups in total.